The molecular weight excluding hydrogens is 188 g/mol. The van der Waals surface area contributed by atoms with Gasteiger partial charge in [-0.05, 0) is 19.4 Å². The average Bonchev–Trinajstić information content (AvgIpc) is 2.02. The standard InChI is InChI=1S/C9H13FNOP/c1-13(2,12)8-4-3-7(6-11)9(10)5-8/h3-5H,6,11H2,1-2H3. The molecule has 0 atom stereocenters. The second-order valence-corrected chi connectivity index (χ2v) is 6.55. The molecule has 0 bridgehead atoms. The lowest BCUT2D eigenvalue weighted by Crippen LogP contribution is -2.07. The minimum atomic E-state index is -2.36. The van der Waals surface area contributed by atoms with Crippen molar-refractivity contribution in [2.24, 2.45) is 5.73 Å². The van der Waals surface area contributed by atoms with Gasteiger partial charge in [0, 0.05) is 17.4 Å². The molecule has 0 aliphatic heterocycles. The van der Waals surface area contributed by atoms with Crippen molar-refractivity contribution in [1.82, 2.24) is 0 Å². The Morgan fingerprint density at radius 1 is 1.46 bits per heavy atom. The predicted molar refractivity (Wildman–Crippen MR) is 53.4 cm³/mol. The van der Waals surface area contributed by atoms with Crippen LogP contribution in [0.2, 0.25) is 0 Å². The summed E-state index contributed by atoms with van der Waals surface area (Å²) in [6.07, 6.45) is 0. The molecule has 0 aromatic heterocycles. The third-order valence-electron chi connectivity index (χ3n) is 1.88. The highest BCUT2D eigenvalue weighted by Crippen LogP contribution is 2.34. The zero-order valence-corrected chi connectivity index (χ0v) is 8.64. The molecule has 4 heteroatoms. The van der Waals surface area contributed by atoms with E-state index >= 15 is 0 Å². The number of hydrogen-bond donors (Lipinski definition) is 1. The Morgan fingerprint density at radius 2 is 2.08 bits per heavy atom. The van der Waals surface area contributed by atoms with Gasteiger partial charge in [-0.15, -0.1) is 0 Å². The molecule has 0 saturated heterocycles. The summed E-state index contributed by atoms with van der Waals surface area (Å²) in [6.45, 7) is 3.40. The molecule has 0 unspecified atom stereocenters. The van der Waals surface area contributed by atoms with Crippen LogP contribution in [0.3, 0.4) is 0 Å². The van der Waals surface area contributed by atoms with Crippen LogP contribution in [-0.4, -0.2) is 13.3 Å². The highest BCUT2D eigenvalue weighted by molar-refractivity contribution is 7.70. The van der Waals surface area contributed by atoms with Crippen LogP contribution in [0.5, 0.6) is 0 Å². The fourth-order valence-corrected chi connectivity index (χ4v) is 1.89. The average molecular weight is 201 g/mol. The van der Waals surface area contributed by atoms with E-state index in [2.05, 4.69) is 0 Å². The van der Waals surface area contributed by atoms with Crippen LogP contribution >= 0.6 is 7.14 Å². The van der Waals surface area contributed by atoms with Gasteiger partial charge in [0.15, 0.2) is 0 Å². The van der Waals surface area contributed by atoms with Crippen molar-refractivity contribution < 1.29 is 8.96 Å². The van der Waals surface area contributed by atoms with E-state index in [1.54, 1.807) is 25.5 Å². The smallest absolute Gasteiger partial charge is 0.128 e. The normalized spacial score (nSPS) is 11.7. The lowest BCUT2D eigenvalue weighted by Gasteiger charge is -2.08. The van der Waals surface area contributed by atoms with Crippen LogP contribution in [0, 0.1) is 5.82 Å². The molecule has 2 N–H and O–H groups in total. The van der Waals surface area contributed by atoms with Gasteiger partial charge < -0.3 is 10.3 Å². The first kappa shape index (κ1) is 10.4. The molecule has 0 spiro atoms. The topological polar surface area (TPSA) is 43.1 Å². The van der Waals surface area contributed by atoms with E-state index in [1.807, 2.05) is 0 Å². The van der Waals surface area contributed by atoms with E-state index in [1.165, 1.54) is 6.07 Å². The van der Waals surface area contributed by atoms with Gasteiger partial charge in [-0.1, -0.05) is 12.1 Å². The maximum Gasteiger partial charge on any atom is 0.128 e. The van der Waals surface area contributed by atoms with Crippen molar-refractivity contribution in [3.05, 3.63) is 29.6 Å². The van der Waals surface area contributed by atoms with Crippen molar-refractivity contribution in [3.63, 3.8) is 0 Å². The van der Waals surface area contributed by atoms with Gasteiger partial charge in [-0.25, -0.2) is 4.39 Å². The van der Waals surface area contributed by atoms with Crippen LogP contribution in [0.4, 0.5) is 4.39 Å². The molecule has 0 amide bonds. The zero-order chi connectivity index (χ0) is 10.1. The van der Waals surface area contributed by atoms with Crippen molar-refractivity contribution in [2.45, 2.75) is 6.54 Å². The Hall–Kier alpha value is -0.660. The SMILES string of the molecule is CP(C)(=O)c1ccc(CN)c(F)c1. The molecule has 0 heterocycles. The summed E-state index contributed by atoms with van der Waals surface area (Å²) in [7, 11) is -2.36. The summed E-state index contributed by atoms with van der Waals surface area (Å²) in [5, 5.41) is 0.558. The molecular formula is C9H13FNOP. The monoisotopic (exact) mass is 201 g/mol. The van der Waals surface area contributed by atoms with Crippen molar-refractivity contribution >= 4 is 12.4 Å². The minimum absolute atomic E-state index is 0.170. The lowest BCUT2D eigenvalue weighted by molar-refractivity contribution is 0.587. The van der Waals surface area contributed by atoms with Gasteiger partial charge >= 0.3 is 0 Å². The largest absolute Gasteiger partial charge is 0.326 e. The molecule has 2 nitrogen and oxygen atoms in total. The highest BCUT2D eigenvalue weighted by atomic mass is 31.2. The quantitative estimate of drug-likeness (QED) is 0.737. The maximum absolute atomic E-state index is 13.2. The number of benzene rings is 1. The van der Waals surface area contributed by atoms with Gasteiger partial charge in [-0.2, -0.15) is 0 Å². The molecule has 0 aliphatic carbocycles. The molecule has 1 aromatic rings. The molecule has 1 rings (SSSR count). The fourth-order valence-electron chi connectivity index (χ4n) is 1.04. The third-order valence-corrected chi connectivity index (χ3v) is 3.40. The van der Waals surface area contributed by atoms with Gasteiger partial charge in [0.05, 0.1) is 0 Å². The third kappa shape index (κ3) is 2.39. The second kappa shape index (κ2) is 3.60. The van der Waals surface area contributed by atoms with Gasteiger partial charge in [0.2, 0.25) is 0 Å². The molecule has 0 aliphatic rings. The predicted octanol–water partition coefficient (Wildman–Crippen LogP) is 1.53. The molecule has 13 heavy (non-hydrogen) atoms. The van der Waals surface area contributed by atoms with E-state index in [4.69, 9.17) is 5.73 Å². The number of rotatable bonds is 2. The first-order chi connectivity index (χ1) is 5.95. The molecule has 72 valence electrons. The van der Waals surface area contributed by atoms with Crippen LogP contribution in [0.15, 0.2) is 18.2 Å². The first-order valence-corrected chi connectivity index (χ1v) is 6.59. The van der Waals surface area contributed by atoms with Crippen molar-refractivity contribution in [1.29, 1.82) is 0 Å². The van der Waals surface area contributed by atoms with Crippen molar-refractivity contribution in [3.8, 4) is 0 Å². The summed E-state index contributed by atoms with van der Waals surface area (Å²) in [6, 6.07) is 4.57. The summed E-state index contributed by atoms with van der Waals surface area (Å²) >= 11 is 0. The first-order valence-electron chi connectivity index (χ1n) is 3.99. The molecule has 0 saturated carbocycles. The Kier molecular flexibility index (Phi) is 2.89. The molecule has 1 aromatic carbocycles. The summed E-state index contributed by atoms with van der Waals surface area (Å²) in [5.74, 6) is -0.371. The van der Waals surface area contributed by atoms with Gasteiger partial charge in [-0.3, -0.25) is 0 Å². The Labute approximate surface area is 77.3 Å². The number of nitrogens with two attached hydrogens (primary N) is 1. The summed E-state index contributed by atoms with van der Waals surface area (Å²) in [4.78, 5) is 0. The highest BCUT2D eigenvalue weighted by Gasteiger charge is 2.12. The molecule has 0 fully saturated rings. The Morgan fingerprint density at radius 3 is 2.46 bits per heavy atom. The van der Waals surface area contributed by atoms with Crippen LogP contribution in [0.1, 0.15) is 5.56 Å². The second-order valence-electron chi connectivity index (χ2n) is 3.33. The minimum Gasteiger partial charge on any atom is -0.326 e. The Balaban J connectivity index is 3.18. The van der Waals surface area contributed by atoms with Crippen LogP contribution in [0.25, 0.3) is 0 Å². The van der Waals surface area contributed by atoms with Gasteiger partial charge in [0.1, 0.15) is 13.0 Å². The summed E-state index contributed by atoms with van der Waals surface area (Å²) < 4.78 is 24.7. The van der Waals surface area contributed by atoms with Crippen LogP contribution in [-0.2, 0) is 11.1 Å². The fraction of sp³-hybridized carbons (Fsp3) is 0.333. The summed E-state index contributed by atoms with van der Waals surface area (Å²) in [5.41, 5.74) is 5.76. The van der Waals surface area contributed by atoms with E-state index in [9.17, 15) is 8.96 Å². The van der Waals surface area contributed by atoms with E-state index in [0.717, 1.165) is 0 Å². The van der Waals surface area contributed by atoms with E-state index < -0.39 is 7.14 Å². The lowest BCUT2D eigenvalue weighted by atomic mass is 10.2. The van der Waals surface area contributed by atoms with Gasteiger partial charge in [0.25, 0.3) is 0 Å². The Bertz CT molecular complexity index is 359. The van der Waals surface area contributed by atoms with E-state index in [-0.39, 0.29) is 12.4 Å². The maximum atomic E-state index is 13.2. The number of hydrogen-bond acceptors (Lipinski definition) is 2. The van der Waals surface area contributed by atoms with Crippen molar-refractivity contribution in [2.75, 3.05) is 13.3 Å². The number of halogens is 1. The zero-order valence-electron chi connectivity index (χ0n) is 7.75. The molecule has 0 radical (unpaired) electrons. The van der Waals surface area contributed by atoms with Crippen LogP contribution < -0.4 is 11.0 Å². The van der Waals surface area contributed by atoms with E-state index in [0.29, 0.717) is 10.9 Å².